The highest BCUT2D eigenvalue weighted by atomic mass is 19.2. The minimum atomic E-state index is -5.17. The average Bonchev–Trinajstić information content (AvgIpc) is 2.87. The average molecular weight is 636 g/mol. The van der Waals surface area contributed by atoms with Crippen molar-refractivity contribution in [1.82, 2.24) is 0 Å². The van der Waals surface area contributed by atoms with E-state index in [0.717, 1.165) is 0 Å². The van der Waals surface area contributed by atoms with Crippen molar-refractivity contribution in [3.63, 3.8) is 0 Å². The van der Waals surface area contributed by atoms with Crippen LogP contribution in [-0.4, -0.2) is 107 Å². The molecule has 0 radical (unpaired) electrons. The van der Waals surface area contributed by atoms with Crippen LogP contribution in [0.4, 0.5) is 13.2 Å². The first-order valence-electron chi connectivity index (χ1n) is 9.33. The second-order valence-corrected chi connectivity index (χ2v) is 7.01. The van der Waals surface area contributed by atoms with Gasteiger partial charge in [-0.15, -0.1) is 0 Å². The fraction of sp³-hybridized carbons (Fsp3) is 1.00. The minimum absolute atomic E-state index is 2.02. The molecule has 29 nitrogen and oxygen atoms in total. The predicted molar refractivity (Wildman–Crippen MR) is 104 cm³/mol. The quantitative estimate of drug-likeness (QED) is 0.0585. The monoisotopic (exact) mass is 636 g/mol. The number of nitrogens with zero attached hydrogens (tertiary/aromatic N) is 8. The van der Waals surface area contributed by atoms with E-state index >= 15 is 0 Å². The number of alkyl halides is 3. The highest BCUT2D eigenvalue weighted by Gasteiger charge is 2.67. The van der Waals surface area contributed by atoms with Gasteiger partial charge >= 0.3 is 29.6 Å². The molecule has 0 aliphatic heterocycles. The molecule has 32 heteroatoms. The Morgan fingerprint density at radius 3 is 0.833 bits per heavy atom. The van der Waals surface area contributed by atoms with Gasteiger partial charge in [0.15, 0.2) is 13.2 Å². The van der Waals surface area contributed by atoms with E-state index in [9.17, 15) is 94.1 Å². The van der Waals surface area contributed by atoms with Gasteiger partial charge in [0.1, 0.15) is 39.4 Å². The highest BCUT2D eigenvalue weighted by molar-refractivity contribution is 4.67. The SMILES string of the molecule is O=[N+]([O-])C(F)(COC(OCC(F)([N+](=O)[O-])[N+](=O)[O-])(OCC(F)([N+](=O)[O-])[N+](=O)[O-])OCC(CO)([N+](=O)[O-])[N+](=O)[O-])[N+](=O)[O-]. The van der Waals surface area contributed by atoms with Crippen molar-refractivity contribution >= 4 is 0 Å². The zero-order valence-corrected chi connectivity index (χ0v) is 19.4. The van der Waals surface area contributed by atoms with E-state index in [1.54, 1.807) is 0 Å². The van der Waals surface area contributed by atoms with Crippen LogP contribution >= 0.6 is 0 Å². The molecular weight excluding hydrogens is 625 g/mol. The van der Waals surface area contributed by atoms with Gasteiger partial charge in [-0.1, -0.05) is 13.2 Å². The zero-order chi connectivity index (χ0) is 33.5. The van der Waals surface area contributed by atoms with E-state index in [1.165, 1.54) is 0 Å². The summed E-state index contributed by atoms with van der Waals surface area (Å²) >= 11 is 0. The molecule has 0 saturated heterocycles. The Morgan fingerprint density at radius 1 is 0.452 bits per heavy atom. The number of hydrogen-bond acceptors (Lipinski definition) is 21. The lowest BCUT2D eigenvalue weighted by Gasteiger charge is -2.32. The van der Waals surface area contributed by atoms with Crippen LogP contribution in [0.15, 0.2) is 0 Å². The number of rotatable bonds is 21. The molecule has 0 atom stereocenters. The van der Waals surface area contributed by atoms with Gasteiger partial charge in [-0.25, -0.2) is 0 Å². The van der Waals surface area contributed by atoms with Crippen LogP contribution in [0.2, 0.25) is 0 Å². The van der Waals surface area contributed by atoms with Gasteiger partial charge in [-0.05, 0) is 0 Å². The minimum Gasteiger partial charge on any atom is -0.382 e. The largest absolute Gasteiger partial charge is 0.638 e. The molecule has 0 aliphatic carbocycles. The van der Waals surface area contributed by atoms with Crippen molar-refractivity contribution < 1.29 is 76.6 Å². The Balaban J connectivity index is 7.25. The first-order valence-corrected chi connectivity index (χ1v) is 9.33. The Bertz CT molecular complexity index is 993. The van der Waals surface area contributed by atoms with Crippen molar-refractivity contribution in [3.05, 3.63) is 80.9 Å². The third-order valence-corrected chi connectivity index (χ3v) is 4.39. The number of aliphatic hydroxyl groups is 1. The van der Waals surface area contributed by atoms with Gasteiger partial charge < -0.3 is 5.11 Å². The van der Waals surface area contributed by atoms with Crippen molar-refractivity contribution in [2.45, 2.75) is 29.6 Å². The summed E-state index contributed by atoms with van der Waals surface area (Å²) in [5.74, 6) is -15.5. The van der Waals surface area contributed by atoms with Gasteiger partial charge in [-0.2, -0.15) is 0 Å². The molecule has 0 heterocycles. The van der Waals surface area contributed by atoms with Crippen molar-refractivity contribution in [3.8, 4) is 0 Å². The number of ether oxygens (including phenoxy) is 4. The van der Waals surface area contributed by atoms with E-state index in [2.05, 4.69) is 18.9 Å². The van der Waals surface area contributed by atoms with Crippen LogP contribution in [0, 0.1) is 80.9 Å². The molecule has 238 valence electrons. The molecule has 0 aromatic rings. The summed E-state index contributed by atoms with van der Waals surface area (Å²) in [5, 5.41) is 96.4. The second kappa shape index (κ2) is 13.0. The molecule has 0 fully saturated rings. The fourth-order valence-corrected chi connectivity index (χ4v) is 1.84. The van der Waals surface area contributed by atoms with Crippen LogP contribution in [0.3, 0.4) is 0 Å². The molecule has 1 N–H and O–H groups in total. The van der Waals surface area contributed by atoms with E-state index in [0.29, 0.717) is 0 Å². The van der Waals surface area contributed by atoms with E-state index in [1.807, 2.05) is 0 Å². The zero-order valence-electron chi connectivity index (χ0n) is 19.4. The maximum Gasteiger partial charge on any atom is 0.638 e. The maximum absolute atomic E-state index is 14.3. The molecule has 0 aromatic heterocycles. The van der Waals surface area contributed by atoms with Crippen LogP contribution in [0.1, 0.15) is 0 Å². The van der Waals surface area contributed by atoms with Gasteiger partial charge in [0.2, 0.25) is 19.8 Å². The van der Waals surface area contributed by atoms with Crippen molar-refractivity contribution in [2.75, 3.05) is 33.0 Å². The van der Waals surface area contributed by atoms with Crippen LogP contribution < -0.4 is 0 Å². The van der Waals surface area contributed by atoms with Gasteiger partial charge in [0, 0.05) is 0 Å². The smallest absolute Gasteiger partial charge is 0.382 e. The summed E-state index contributed by atoms with van der Waals surface area (Å²) in [5.41, 5.74) is -4.11. The summed E-state index contributed by atoms with van der Waals surface area (Å²) in [6.45, 7) is -13.5. The Labute approximate surface area is 221 Å². The molecule has 42 heavy (non-hydrogen) atoms. The summed E-state index contributed by atoms with van der Waals surface area (Å²) < 4.78 is 58.9. The van der Waals surface area contributed by atoms with Gasteiger partial charge in [-0.3, -0.25) is 99.9 Å². The van der Waals surface area contributed by atoms with E-state index in [4.69, 9.17) is 5.11 Å². The number of nitro groups is 8. The molecule has 0 spiro atoms. The summed E-state index contributed by atoms with van der Waals surface area (Å²) in [6.07, 6.45) is -4.86. The lowest BCUT2D eigenvalue weighted by Crippen LogP contribution is -2.60. The maximum atomic E-state index is 14.3. The first kappa shape index (κ1) is 36.8. The Hall–Kier alpha value is -5.21. The number of hydrogen-bond donors (Lipinski definition) is 1. The second-order valence-electron chi connectivity index (χ2n) is 7.01. The van der Waals surface area contributed by atoms with Gasteiger partial charge in [0.25, 0.3) is 0 Å². The van der Waals surface area contributed by atoms with E-state index in [-0.39, 0.29) is 0 Å². The number of aliphatic hydroxyl groups excluding tert-OH is 1. The molecule has 0 unspecified atom stereocenters. The number of halogens is 3. The summed E-state index contributed by atoms with van der Waals surface area (Å²) in [7, 11) is 0. The van der Waals surface area contributed by atoms with Crippen molar-refractivity contribution in [1.29, 1.82) is 0 Å². The Morgan fingerprint density at radius 2 is 0.667 bits per heavy atom. The molecular formula is C10H11F3N8O21. The highest BCUT2D eigenvalue weighted by Crippen LogP contribution is 2.29. The summed E-state index contributed by atoms with van der Waals surface area (Å²) in [6, 6.07) is 0. The summed E-state index contributed by atoms with van der Waals surface area (Å²) in [4.78, 5) is 68.5. The Kier molecular flexibility index (Phi) is 11.4. The predicted octanol–water partition coefficient (Wildman–Crippen LogP) is -2.56. The van der Waals surface area contributed by atoms with Crippen molar-refractivity contribution in [2.24, 2.45) is 0 Å². The molecule has 0 bridgehead atoms. The lowest BCUT2D eigenvalue weighted by atomic mass is 10.2. The van der Waals surface area contributed by atoms with Gasteiger partial charge in [0.05, 0.1) is 0 Å². The van der Waals surface area contributed by atoms with Crippen LogP contribution in [-0.2, 0) is 18.9 Å². The topological polar surface area (TPSA) is 402 Å². The molecule has 0 aromatic carbocycles. The van der Waals surface area contributed by atoms with Crippen LogP contribution in [0.5, 0.6) is 0 Å². The third-order valence-electron chi connectivity index (χ3n) is 4.39. The molecule has 0 aliphatic rings. The molecule has 0 saturated carbocycles. The normalized spacial score (nSPS) is 12.8. The van der Waals surface area contributed by atoms with E-state index < -0.39 is 102 Å². The standard InChI is InChI=1S/C10H11F3N8O21/c11-7(16(27)28,17(29)30)3-40-10(41-4-8(12,18(31)32)19(33)34,42-5-9(13,20(35)36)21(37)38)39-2-6(1-22,14(23)24)15(25)26/h22H,1-5H2. The first-order chi connectivity index (χ1) is 18.9. The molecule has 0 amide bonds. The fourth-order valence-electron chi connectivity index (χ4n) is 1.84. The molecule has 0 rings (SSSR count). The lowest BCUT2D eigenvalue weighted by molar-refractivity contribution is -0.845. The third kappa shape index (κ3) is 7.30. The van der Waals surface area contributed by atoms with Crippen LogP contribution in [0.25, 0.3) is 0 Å².